The SMILES string of the molecule is C/C=C\C.CCC(C)c1cc(C)c2oc(-c3ccc(-c4ccccc4-c4ccccc4-c4ccc5c(c4)c4ccccc4n5-c4ccccc4)cc3)nc2c1. The monoisotopic (exact) mass is 714 g/mol. The van der Waals surface area contributed by atoms with E-state index in [1.165, 1.54) is 60.9 Å². The van der Waals surface area contributed by atoms with E-state index in [1.54, 1.807) is 0 Å². The van der Waals surface area contributed by atoms with Crippen LogP contribution in [0.2, 0.25) is 0 Å². The number of hydrogen-bond acceptors (Lipinski definition) is 2. The van der Waals surface area contributed by atoms with Crippen LogP contribution in [0.1, 0.15) is 51.2 Å². The van der Waals surface area contributed by atoms with Crippen molar-refractivity contribution in [1.82, 2.24) is 9.55 Å². The molecular weight excluding hydrogens is 669 g/mol. The maximum atomic E-state index is 6.33. The Morgan fingerprint density at radius 2 is 1.15 bits per heavy atom. The second-order valence-corrected chi connectivity index (χ2v) is 14.3. The molecule has 3 nitrogen and oxygen atoms in total. The largest absolute Gasteiger partial charge is 0.436 e. The highest BCUT2D eigenvalue weighted by atomic mass is 16.3. The van der Waals surface area contributed by atoms with Crippen LogP contribution in [0.5, 0.6) is 0 Å². The maximum absolute atomic E-state index is 6.33. The van der Waals surface area contributed by atoms with Gasteiger partial charge in [0, 0.05) is 22.0 Å². The fraction of sp³-hybridized carbons (Fsp3) is 0.135. The first kappa shape index (κ1) is 35.6. The van der Waals surface area contributed by atoms with Crippen molar-refractivity contribution in [3.8, 4) is 50.5 Å². The summed E-state index contributed by atoms with van der Waals surface area (Å²) >= 11 is 0. The molecule has 1 atom stereocenters. The van der Waals surface area contributed by atoms with Crippen molar-refractivity contribution >= 4 is 32.9 Å². The predicted octanol–water partition coefficient (Wildman–Crippen LogP) is 15.0. The van der Waals surface area contributed by atoms with Gasteiger partial charge in [-0.25, -0.2) is 4.98 Å². The minimum Gasteiger partial charge on any atom is -0.436 e. The number of fused-ring (bicyclic) bond motifs is 4. The molecule has 0 aliphatic carbocycles. The van der Waals surface area contributed by atoms with Gasteiger partial charge in [0.05, 0.1) is 11.0 Å². The summed E-state index contributed by atoms with van der Waals surface area (Å²) in [5, 5.41) is 2.50. The van der Waals surface area contributed by atoms with Gasteiger partial charge in [0.15, 0.2) is 5.58 Å². The van der Waals surface area contributed by atoms with Gasteiger partial charge in [0.25, 0.3) is 0 Å². The molecule has 0 bridgehead atoms. The van der Waals surface area contributed by atoms with Crippen LogP contribution in [0.3, 0.4) is 0 Å². The summed E-state index contributed by atoms with van der Waals surface area (Å²) in [6.07, 6.45) is 5.10. The van der Waals surface area contributed by atoms with Gasteiger partial charge in [0.2, 0.25) is 5.89 Å². The van der Waals surface area contributed by atoms with Gasteiger partial charge in [0.1, 0.15) is 5.52 Å². The zero-order chi connectivity index (χ0) is 37.9. The van der Waals surface area contributed by atoms with E-state index in [9.17, 15) is 0 Å². The van der Waals surface area contributed by atoms with Gasteiger partial charge in [-0.3, -0.25) is 0 Å². The second-order valence-electron chi connectivity index (χ2n) is 14.3. The van der Waals surface area contributed by atoms with Crippen LogP contribution in [0.4, 0.5) is 0 Å². The first-order valence-electron chi connectivity index (χ1n) is 19.4. The number of aromatic nitrogens is 2. The van der Waals surface area contributed by atoms with E-state index in [4.69, 9.17) is 9.40 Å². The van der Waals surface area contributed by atoms with E-state index < -0.39 is 0 Å². The molecule has 9 aromatic rings. The molecule has 0 saturated carbocycles. The molecule has 9 rings (SSSR count). The zero-order valence-corrected chi connectivity index (χ0v) is 32.3. The summed E-state index contributed by atoms with van der Waals surface area (Å²) in [5.74, 6) is 1.14. The molecule has 0 spiro atoms. The molecule has 0 aliphatic rings. The molecule has 3 heteroatoms. The topological polar surface area (TPSA) is 31.0 Å². The Balaban J connectivity index is 0.00000102. The van der Waals surface area contributed by atoms with Gasteiger partial charge in [-0.15, -0.1) is 0 Å². The Morgan fingerprint density at radius 3 is 1.82 bits per heavy atom. The number of aryl methyl sites for hydroxylation is 1. The maximum Gasteiger partial charge on any atom is 0.227 e. The lowest BCUT2D eigenvalue weighted by Crippen LogP contribution is -1.93. The third kappa shape index (κ3) is 6.79. The van der Waals surface area contributed by atoms with Crippen LogP contribution < -0.4 is 0 Å². The molecule has 0 fully saturated rings. The number of rotatable bonds is 7. The van der Waals surface area contributed by atoms with Crippen molar-refractivity contribution < 1.29 is 4.42 Å². The van der Waals surface area contributed by atoms with Gasteiger partial charge < -0.3 is 8.98 Å². The predicted molar refractivity (Wildman–Crippen MR) is 234 cm³/mol. The van der Waals surface area contributed by atoms with Crippen LogP contribution in [-0.2, 0) is 0 Å². The Hall–Kier alpha value is -6.45. The summed E-state index contributed by atoms with van der Waals surface area (Å²) in [7, 11) is 0. The molecule has 0 amide bonds. The van der Waals surface area contributed by atoms with Crippen molar-refractivity contribution in [3.63, 3.8) is 0 Å². The van der Waals surface area contributed by atoms with Crippen LogP contribution in [-0.4, -0.2) is 9.55 Å². The molecule has 2 aromatic heterocycles. The lowest BCUT2D eigenvalue weighted by Gasteiger charge is -2.15. The van der Waals surface area contributed by atoms with E-state index in [-0.39, 0.29) is 0 Å². The lowest BCUT2D eigenvalue weighted by molar-refractivity contribution is 0.617. The Bertz CT molecular complexity index is 2780. The average molecular weight is 715 g/mol. The first-order chi connectivity index (χ1) is 27.0. The summed E-state index contributed by atoms with van der Waals surface area (Å²) in [6.45, 7) is 10.6. The molecule has 55 heavy (non-hydrogen) atoms. The molecule has 0 aliphatic heterocycles. The first-order valence-corrected chi connectivity index (χ1v) is 19.4. The molecule has 2 heterocycles. The molecule has 0 N–H and O–H groups in total. The highest BCUT2D eigenvalue weighted by Crippen LogP contribution is 2.41. The summed E-state index contributed by atoms with van der Waals surface area (Å²) in [5.41, 5.74) is 15.9. The van der Waals surface area contributed by atoms with E-state index in [0.717, 1.165) is 34.2 Å². The normalized spacial score (nSPS) is 12.0. The van der Waals surface area contributed by atoms with Gasteiger partial charge in [-0.2, -0.15) is 0 Å². The van der Waals surface area contributed by atoms with E-state index in [1.807, 2.05) is 26.0 Å². The minimum atomic E-state index is 0.488. The fourth-order valence-corrected chi connectivity index (χ4v) is 7.60. The average Bonchev–Trinajstić information content (AvgIpc) is 3.84. The van der Waals surface area contributed by atoms with E-state index in [0.29, 0.717) is 11.8 Å². The number of oxazole rings is 1. The van der Waals surface area contributed by atoms with Crippen LogP contribution >= 0.6 is 0 Å². The number of nitrogens with zero attached hydrogens (tertiary/aromatic N) is 2. The summed E-state index contributed by atoms with van der Waals surface area (Å²) in [6, 6.07) is 56.8. The number of benzene rings is 7. The number of hydrogen-bond donors (Lipinski definition) is 0. The number of para-hydroxylation sites is 2. The van der Waals surface area contributed by atoms with Crippen LogP contribution in [0, 0.1) is 6.92 Å². The van der Waals surface area contributed by atoms with Gasteiger partial charge >= 0.3 is 0 Å². The van der Waals surface area contributed by atoms with E-state index >= 15 is 0 Å². The van der Waals surface area contributed by atoms with E-state index in [2.05, 4.69) is 183 Å². The highest BCUT2D eigenvalue weighted by molar-refractivity contribution is 6.11. The summed E-state index contributed by atoms with van der Waals surface area (Å²) in [4.78, 5) is 4.92. The standard InChI is InChI=1S/C48H38N2O.C4H8/c1-4-31(2)36-28-32(3)47-44(30-36)49-48(51-47)34-24-22-33(23-25-34)38-16-8-10-18-40(38)41-19-11-9-17-39(41)35-26-27-46-43(29-35)42-20-12-13-21-45(42)50(46)37-14-6-5-7-15-37;1-3-4-2/h5-31H,4H2,1-3H3;3-4H,1-2H3/b;4-3-. The van der Waals surface area contributed by atoms with Gasteiger partial charge in [-0.05, 0) is 126 Å². The van der Waals surface area contributed by atoms with Crippen molar-refractivity contribution in [2.75, 3.05) is 0 Å². The van der Waals surface area contributed by atoms with Crippen molar-refractivity contribution in [2.24, 2.45) is 0 Å². The third-order valence-corrected chi connectivity index (χ3v) is 10.8. The molecule has 0 saturated heterocycles. The van der Waals surface area contributed by atoms with Crippen molar-refractivity contribution in [2.45, 2.75) is 47.0 Å². The Kier molecular flexibility index (Phi) is 10.0. The molecule has 7 aromatic carbocycles. The quantitative estimate of drug-likeness (QED) is 0.154. The van der Waals surface area contributed by atoms with Crippen LogP contribution in [0.25, 0.3) is 83.4 Å². The Morgan fingerprint density at radius 1 is 0.582 bits per heavy atom. The fourth-order valence-electron chi connectivity index (χ4n) is 7.60. The van der Waals surface area contributed by atoms with Crippen LogP contribution in [0.15, 0.2) is 174 Å². The molecule has 270 valence electrons. The summed E-state index contributed by atoms with van der Waals surface area (Å²) < 4.78 is 8.69. The minimum absolute atomic E-state index is 0.488. The molecule has 0 radical (unpaired) electrons. The smallest absolute Gasteiger partial charge is 0.227 e. The van der Waals surface area contributed by atoms with Crippen molar-refractivity contribution in [1.29, 1.82) is 0 Å². The number of allylic oxidation sites excluding steroid dienone is 2. The van der Waals surface area contributed by atoms with Gasteiger partial charge in [-0.1, -0.05) is 135 Å². The lowest BCUT2D eigenvalue weighted by atomic mass is 9.89. The second kappa shape index (κ2) is 15.5. The molecule has 1 unspecified atom stereocenters. The highest BCUT2D eigenvalue weighted by Gasteiger charge is 2.18. The molecular formula is C52H46N2O. The third-order valence-electron chi connectivity index (χ3n) is 10.8. The Labute approximate surface area is 324 Å². The zero-order valence-electron chi connectivity index (χ0n) is 32.3. The van der Waals surface area contributed by atoms with Crippen molar-refractivity contribution in [3.05, 3.63) is 181 Å².